The Morgan fingerprint density at radius 1 is 1.60 bits per heavy atom. The van der Waals surface area contributed by atoms with E-state index in [2.05, 4.69) is 0 Å². The molecule has 0 atom stereocenters. The van der Waals surface area contributed by atoms with E-state index in [-0.39, 0.29) is 18.0 Å². The number of carboxylic acid groups (broad SMARTS) is 1. The molecule has 0 aliphatic rings. The molecular weight excluding hydrogens is 216 g/mol. The fraction of sp³-hybridized carbons (Fsp3) is 0.200. The third kappa shape index (κ3) is 2.69. The maximum absolute atomic E-state index is 10.6. The number of carbonyl (C=O) groups is 1. The zero-order valence-electron chi connectivity index (χ0n) is 7.83. The van der Waals surface area contributed by atoms with Gasteiger partial charge in [0.15, 0.2) is 0 Å². The Morgan fingerprint density at radius 3 is 2.73 bits per heavy atom. The van der Waals surface area contributed by atoms with E-state index in [4.69, 9.17) is 27.7 Å². The highest BCUT2D eigenvalue weighted by atomic mass is 35.5. The highest BCUT2D eigenvalue weighted by molar-refractivity contribution is 6.31. The minimum atomic E-state index is -0.976. The van der Waals surface area contributed by atoms with E-state index in [9.17, 15) is 4.79 Å². The first-order valence-electron chi connectivity index (χ1n) is 4.21. The van der Waals surface area contributed by atoms with Gasteiger partial charge in [-0.3, -0.25) is 4.79 Å². The average molecular weight is 225 g/mol. The van der Waals surface area contributed by atoms with Crippen molar-refractivity contribution < 1.29 is 9.90 Å². The van der Waals surface area contributed by atoms with Gasteiger partial charge in [0.25, 0.3) is 0 Å². The molecule has 4 nitrogen and oxygen atoms in total. The second kappa shape index (κ2) is 4.78. The standard InChI is InChI=1S/C10H9ClN2O2/c11-9-2-6(4-12)1-7(5-13)8(9)3-10(14)15/h1-2H,3,5,13H2,(H,14,15). The molecule has 0 radical (unpaired) electrons. The van der Waals surface area contributed by atoms with Crippen LogP contribution in [0, 0.1) is 11.3 Å². The summed E-state index contributed by atoms with van der Waals surface area (Å²) in [4.78, 5) is 10.6. The molecule has 3 N–H and O–H groups in total. The lowest BCUT2D eigenvalue weighted by Gasteiger charge is -2.08. The molecular formula is C10H9ClN2O2. The first-order chi connectivity index (χ1) is 7.08. The van der Waals surface area contributed by atoms with Crippen LogP contribution in [0.15, 0.2) is 12.1 Å². The molecule has 0 saturated carbocycles. The van der Waals surface area contributed by atoms with E-state index in [0.717, 1.165) is 0 Å². The molecule has 1 rings (SSSR count). The van der Waals surface area contributed by atoms with Crippen LogP contribution in [0.2, 0.25) is 5.02 Å². The van der Waals surface area contributed by atoms with Gasteiger partial charge in [0.05, 0.1) is 18.1 Å². The summed E-state index contributed by atoms with van der Waals surface area (Å²) in [5.41, 5.74) is 6.92. The molecule has 15 heavy (non-hydrogen) atoms. The maximum atomic E-state index is 10.6. The van der Waals surface area contributed by atoms with E-state index in [1.165, 1.54) is 6.07 Å². The predicted octanol–water partition coefficient (Wildman–Crippen LogP) is 1.30. The van der Waals surface area contributed by atoms with Crippen molar-refractivity contribution in [2.45, 2.75) is 13.0 Å². The van der Waals surface area contributed by atoms with Crippen molar-refractivity contribution in [3.05, 3.63) is 33.8 Å². The molecule has 0 amide bonds. The molecule has 78 valence electrons. The molecule has 1 aromatic carbocycles. The number of hydrogen-bond donors (Lipinski definition) is 2. The topological polar surface area (TPSA) is 87.1 Å². The third-order valence-corrected chi connectivity index (χ3v) is 2.30. The largest absolute Gasteiger partial charge is 0.481 e. The first-order valence-corrected chi connectivity index (χ1v) is 4.59. The molecule has 0 aromatic heterocycles. The van der Waals surface area contributed by atoms with Crippen molar-refractivity contribution in [1.29, 1.82) is 5.26 Å². The van der Waals surface area contributed by atoms with Gasteiger partial charge in [0.2, 0.25) is 0 Å². The summed E-state index contributed by atoms with van der Waals surface area (Å²) in [6.45, 7) is 0.165. The molecule has 0 bridgehead atoms. The van der Waals surface area contributed by atoms with Gasteiger partial charge in [0.1, 0.15) is 0 Å². The number of carboxylic acids is 1. The van der Waals surface area contributed by atoms with E-state index in [1.807, 2.05) is 6.07 Å². The molecule has 5 heteroatoms. The maximum Gasteiger partial charge on any atom is 0.307 e. The number of halogens is 1. The monoisotopic (exact) mass is 224 g/mol. The van der Waals surface area contributed by atoms with Gasteiger partial charge in [-0.25, -0.2) is 0 Å². The summed E-state index contributed by atoms with van der Waals surface area (Å²) in [5.74, 6) is -0.976. The molecule has 0 saturated heterocycles. The molecule has 0 aliphatic carbocycles. The summed E-state index contributed by atoms with van der Waals surface area (Å²) < 4.78 is 0. The van der Waals surface area contributed by atoms with Crippen LogP contribution in [0.5, 0.6) is 0 Å². The number of nitriles is 1. The third-order valence-electron chi connectivity index (χ3n) is 1.96. The highest BCUT2D eigenvalue weighted by Crippen LogP contribution is 2.22. The van der Waals surface area contributed by atoms with Gasteiger partial charge in [-0.1, -0.05) is 11.6 Å². The normalized spacial score (nSPS) is 9.67. The van der Waals surface area contributed by atoms with Crippen molar-refractivity contribution in [2.75, 3.05) is 0 Å². The Kier molecular flexibility index (Phi) is 3.67. The van der Waals surface area contributed by atoms with Gasteiger partial charge in [-0.2, -0.15) is 5.26 Å². The number of aliphatic carboxylic acids is 1. The Bertz CT molecular complexity index is 438. The Hall–Kier alpha value is -1.57. The van der Waals surface area contributed by atoms with Crippen LogP contribution in [0.25, 0.3) is 0 Å². The average Bonchev–Trinajstić information content (AvgIpc) is 2.20. The lowest BCUT2D eigenvalue weighted by molar-refractivity contribution is -0.136. The molecule has 0 spiro atoms. The van der Waals surface area contributed by atoms with Crippen molar-refractivity contribution in [1.82, 2.24) is 0 Å². The molecule has 1 aromatic rings. The van der Waals surface area contributed by atoms with Crippen LogP contribution < -0.4 is 5.73 Å². The van der Waals surface area contributed by atoms with E-state index in [0.29, 0.717) is 16.7 Å². The van der Waals surface area contributed by atoms with E-state index >= 15 is 0 Å². The molecule has 0 unspecified atom stereocenters. The summed E-state index contributed by atoms with van der Waals surface area (Å²) in [7, 11) is 0. The van der Waals surface area contributed by atoms with Gasteiger partial charge >= 0.3 is 5.97 Å². The van der Waals surface area contributed by atoms with Crippen LogP contribution >= 0.6 is 11.6 Å². The van der Waals surface area contributed by atoms with Crippen molar-refractivity contribution in [2.24, 2.45) is 5.73 Å². The predicted molar refractivity (Wildman–Crippen MR) is 55.4 cm³/mol. The van der Waals surface area contributed by atoms with Gasteiger partial charge in [-0.15, -0.1) is 0 Å². The van der Waals surface area contributed by atoms with Gasteiger partial charge in [0, 0.05) is 11.6 Å². The van der Waals surface area contributed by atoms with Crippen molar-refractivity contribution in [3.8, 4) is 6.07 Å². The fourth-order valence-electron chi connectivity index (χ4n) is 1.29. The minimum absolute atomic E-state index is 0.165. The summed E-state index contributed by atoms with van der Waals surface area (Å²) in [6, 6.07) is 4.94. The highest BCUT2D eigenvalue weighted by Gasteiger charge is 2.11. The summed E-state index contributed by atoms with van der Waals surface area (Å²) in [5, 5.41) is 17.6. The Balaban J connectivity index is 3.25. The lowest BCUT2D eigenvalue weighted by atomic mass is 10.0. The fourth-order valence-corrected chi connectivity index (χ4v) is 1.60. The van der Waals surface area contributed by atoms with Crippen molar-refractivity contribution >= 4 is 17.6 Å². The first kappa shape index (κ1) is 11.5. The number of benzene rings is 1. The Morgan fingerprint density at radius 2 is 2.27 bits per heavy atom. The summed E-state index contributed by atoms with van der Waals surface area (Å²) >= 11 is 5.87. The van der Waals surface area contributed by atoms with E-state index < -0.39 is 5.97 Å². The van der Waals surface area contributed by atoms with Crippen molar-refractivity contribution in [3.63, 3.8) is 0 Å². The second-order valence-electron chi connectivity index (χ2n) is 2.98. The van der Waals surface area contributed by atoms with Crippen LogP contribution in [0.3, 0.4) is 0 Å². The quantitative estimate of drug-likeness (QED) is 0.810. The molecule has 0 aliphatic heterocycles. The molecule has 0 fully saturated rings. The van der Waals surface area contributed by atoms with Crippen LogP contribution in [-0.4, -0.2) is 11.1 Å². The number of nitrogens with two attached hydrogens (primary N) is 1. The number of hydrogen-bond acceptors (Lipinski definition) is 3. The minimum Gasteiger partial charge on any atom is -0.481 e. The number of rotatable bonds is 3. The smallest absolute Gasteiger partial charge is 0.307 e. The van der Waals surface area contributed by atoms with Gasteiger partial charge in [-0.05, 0) is 23.3 Å². The Labute approximate surface area is 91.9 Å². The van der Waals surface area contributed by atoms with E-state index in [1.54, 1.807) is 6.07 Å². The van der Waals surface area contributed by atoms with Crippen LogP contribution in [-0.2, 0) is 17.8 Å². The SMILES string of the molecule is N#Cc1cc(Cl)c(CC(=O)O)c(CN)c1. The zero-order valence-corrected chi connectivity index (χ0v) is 8.58. The second-order valence-corrected chi connectivity index (χ2v) is 3.39. The zero-order chi connectivity index (χ0) is 11.4. The van der Waals surface area contributed by atoms with Crippen LogP contribution in [0.1, 0.15) is 16.7 Å². The molecule has 0 heterocycles. The lowest BCUT2D eigenvalue weighted by Crippen LogP contribution is -2.08. The number of nitrogens with zero attached hydrogens (tertiary/aromatic N) is 1. The van der Waals surface area contributed by atoms with Gasteiger partial charge < -0.3 is 10.8 Å². The summed E-state index contributed by atoms with van der Waals surface area (Å²) in [6.07, 6.45) is -0.183. The van der Waals surface area contributed by atoms with Crippen LogP contribution in [0.4, 0.5) is 0 Å².